The van der Waals surface area contributed by atoms with E-state index in [1.165, 1.54) is 12.1 Å². The van der Waals surface area contributed by atoms with Crippen LogP contribution in [0.4, 0.5) is 4.39 Å². The highest BCUT2D eigenvalue weighted by Crippen LogP contribution is 2.14. The molecule has 1 heterocycles. The van der Waals surface area contributed by atoms with E-state index in [1.807, 2.05) is 13.8 Å². The van der Waals surface area contributed by atoms with Crippen molar-refractivity contribution in [3.63, 3.8) is 0 Å². The van der Waals surface area contributed by atoms with Crippen LogP contribution in [-0.4, -0.2) is 28.4 Å². The van der Waals surface area contributed by atoms with E-state index in [0.717, 1.165) is 24.2 Å². The molecule has 0 fully saturated rings. The fraction of sp³-hybridized carbons (Fsp3) is 0.385. The van der Waals surface area contributed by atoms with Gasteiger partial charge in [-0.3, -0.25) is 0 Å². The van der Waals surface area contributed by atoms with Gasteiger partial charge < -0.3 is 5.32 Å². The van der Waals surface area contributed by atoms with Gasteiger partial charge in [0, 0.05) is 19.0 Å². The summed E-state index contributed by atoms with van der Waals surface area (Å²) in [5.41, 5.74) is 1.90. The van der Waals surface area contributed by atoms with Gasteiger partial charge in [-0.2, -0.15) is 5.10 Å². The third kappa shape index (κ3) is 3.04. The van der Waals surface area contributed by atoms with E-state index in [1.54, 1.807) is 17.1 Å². The summed E-state index contributed by atoms with van der Waals surface area (Å²) in [6.07, 6.45) is 0.825. The van der Waals surface area contributed by atoms with Crippen LogP contribution in [0.25, 0.3) is 0 Å². The standard InChI is InChI=1S/C13H16FN3S/c1-9(2)15-13(18)17-8-7-12(16-17)10-3-5-11(14)6-4-10/h3-6,9H,7-8H2,1-2H3,(H,15,18). The number of hydrogen-bond acceptors (Lipinski definition) is 2. The number of hydrazone groups is 1. The number of rotatable bonds is 2. The third-order valence-corrected chi connectivity index (χ3v) is 2.95. The summed E-state index contributed by atoms with van der Waals surface area (Å²) >= 11 is 5.26. The molecule has 0 aromatic heterocycles. The summed E-state index contributed by atoms with van der Waals surface area (Å²) < 4.78 is 12.8. The summed E-state index contributed by atoms with van der Waals surface area (Å²) in [5.74, 6) is -0.230. The first kappa shape index (κ1) is 13.0. The van der Waals surface area contributed by atoms with Gasteiger partial charge in [0.05, 0.1) is 5.71 Å². The van der Waals surface area contributed by atoms with Gasteiger partial charge >= 0.3 is 0 Å². The summed E-state index contributed by atoms with van der Waals surface area (Å²) in [7, 11) is 0. The van der Waals surface area contributed by atoms with Crippen molar-refractivity contribution in [2.45, 2.75) is 26.3 Å². The van der Waals surface area contributed by atoms with Gasteiger partial charge in [0.25, 0.3) is 0 Å². The molecule has 1 aliphatic rings. The Balaban J connectivity index is 2.08. The second kappa shape index (κ2) is 5.44. The van der Waals surface area contributed by atoms with E-state index in [0.29, 0.717) is 11.2 Å². The number of thiocarbonyl (C=S) groups is 1. The van der Waals surface area contributed by atoms with Gasteiger partial charge in [0.15, 0.2) is 5.11 Å². The summed E-state index contributed by atoms with van der Waals surface area (Å²) in [4.78, 5) is 0. The van der Waals surface area contributed by atoms with Gasteiger partial charge in [0.2, 0.25) is 0 Å². The minimum Gasteiger partial charge on any atom is -0.359 e. The minimum atomic E-state index is -0.230. The van der Waals surface area contributed by atoms with E-state index in [-0.39, 0.29) is 5.82 Å². The molecule has 0 spiro atoms. The SMILES string of the molecule is CC(C)NC(=S)N1CCC(c2ccc(F)cc2)=N1. The quantitative estimate of drug-likeness (QED) is 0.833. The lowest BCUT2D eigenvalue weighted by Crippen LogP contribution is -2.38. The van der Waals surface area contributed by atoms with Gasteiger partial charge in [-0.25, -0.2) is 9.40 Å². The summed E-state index contributed by atoms with van der Waals surface area (Å²) in [6.45, 7) is 4.84. The van der Waals surface area contributed by atoms with Crippen molar-refractivity contribution < 1.29 is 4.39 Å². The Morgan fingerprint density at radius 3 is 2.67 bits per heavy atom. The number of nitrogens with zero attached hydrogens (tertiary/aromatic N) is 2. The highest BCUT2D eigenvalue weighted by atomic mass is 32.1. The predicted molar refractivity (Wildman–Crippen MR) is 75.1 cm³/mol. The highest BCUT2D eigenvalue weighted by Gasteiger charge is 2.19. The first-order chi connectivity index (χ1) is 8.56. The van der Waals surface area contributed by atoms with Crippen molar-refractivity contribution in [3.05, 3.63) is 35.6 Å². The zero-order valence-corrected chi connectivity index (χ0v) is 11.3. The maximum atomic E-state index is 12.8. The molecule has 0 amide bonds. The van der Waals surface area contributed by atoms with Crippen LogP contribution < -0.4 is 5.32 Å². The van der Waals surface area contributed by atoms with E-state index >= 15 is 0 Å². The molecule has 0 saturated carbocycles. The zero-order chi connectivity index (χ0) is 13.1. The predicted octanol–water partition coefficient (Wildman–Crippen LogP) is 2.52. The van der Waals surface area contributed by atoms with Gasteiger partial charge in [-0.05, 0) is 43.8 Å². The van der Waals surface area contributed by atoms with Crippen molar-refractivity contribution in [2.24, 2.45) is 5.10 Å². The fourth-order valence-electron chi connectivity index (χ4n) is 1.77. The highest BCUT2D eigenvalue weighted by molar-refractivity contribution is 7.80. The Hall–Kier alpha value is -1.49. The van der Waals surface area contributed by atoms with E-state index < -0.39 is 0 Å². The lowest BCUT2D eigenvalue weighted by atomic mass is 10.1. The van der Waals surface area contributed by atoms with E-state index in [2.05, 4.69) is 10.4 Å². The lowest BCUT2D eigenvalue weighted by Gasteiger charge is -2.18. The molecule has 5 heteroatoms. The zero-order valence-electron chi connectivity index (χ0n) is 10.5. The average Bonchev–Trinajstić information content (AvgIpc) is 2.78. The molecular weight excluding hydrogens is 249 g/mol. The molecule has 0 unspecified atom stereocenters. The van der Waals surface area contributed by atoms with Crippen molar-refractivity contribution in [1.29, 1.82) is 0 Å². The largest absolute Gasteiger partial charge is 0.359 e. The Bertz CT molecular complexity index is 468. The van der Waals surface area contributed by atoms with Crippen LogP contribution in [0, 0.1) is 5.82 Å². The molecule has 96 valence electrons. The Kier molecular flexibility index (Phi) is 3.91. The molecule has 3 nitrogen and oxygen atoms in total. The van der Waals surface area contributed by atoms with Crippen molar-refractivity contribution in [3.8, 4) is 0 Å². The molecule has 0 atom stereocenters. The van der Waals surface area contributed by atoms with Crippen LogP contribution in [0.1, 0.15) is 25.8 Å². The van der Waals surface area contributed by atoms with Crippen LogP contribution in [0.15, 0.2) is 29.4 Å². The van der Waals surface area contributed by atoms with Crippen LogP contribution in [0.2, 0.25) is 0 Å². The van der Waals surface area contributed by atoms with Crippen molar-refractivity contribution in [2.75, 3.05) is 6.54 Å². The van der Waals surface area contributed by atoms with Crippen LogP contribution in [0.3, 0.4) is 0 Å². The van der Waals surface area contributed by atoms with Gasteiger partial charge in [-0.1, -0.05) is 12.1 Å². The number of benzene rings is 1. The molecule has 0 saturated heterocycles. The molecule has 1 N–H and O–H groups in total. The van der Waals surface area contributed by atoms with Crippen LogP contribution in [-0.2, 0) is 0 Å². The summed E-state index contributed by atoms with van der Waals surface area (Å²) in [5, 5.41) is 10.0. The molecule has 1 aromatic rings. The first-order valence-corrected chi connectivity index (χ1v) is 6.38. The number of hydrogen-bond donors (Lipinski definition) is 1. The normalized spacial score (nSPS) is 14.9. The lowest BCUT2D eigenvalue weighted by molar-refractivity contribution is 0.472. The Labute approximate surface area is 112 Å². The number of halogens is 1. The molecule has 2 rings (SSSR count). The maximum absolute atomic E-state index is 12.8. The third-order valence-electron chi connectivity index (χ3n) is 2.63. The van der Waals surface area contributed by atoms with E-state index in [9.17, 15) is 4.39 Å². The van der Waals surface area contributed by atoms with Crippen molar-refractivity contribution in [1.82, 2.24) is 10.3 Å². The molecule has 1 aromatic carbocycles. The molecule has 1 aliphatic heterocycles. The smallest absolute Gasteiger partial charge is 0.189 e. The summed E-state index contributed by atoms with van der Waals surface area (Å²) in [6, 6.07) is 6.69. The number of nitrogens with one attached hydrogen (secondary N) is 1. The maximum Gasteiger partial charge on any atom is 0.189 e. The van der Waals surface area contributed by atoms with E-state index in [4.69, 9.17) is 12.2 Å². The molecule has 18 heavy (non-hydrogen) atoms. The van der Waals surface area contributed by atoms with Crippen LogP contribution >= 0.6 is 12.2 Å². The first-order valence-electron chi connectivity index (χ1n) is 5.97. The minimum absolute atomic E-state index is 0.230. The molecule has 0 radical (unpaired) electrons. The Morgan fingerprint density at radius 2 is 2.06 bits per heavy atom. The fourth-order valence-corrected chi connectivity index (χ4v) is 2.14. The molecule has 0 bridgehead atoms. The second-order valence-corrected chi connectivity index (χ2v) is 4.92. The monoisotopic (exact) mass is 265 g/mol. The van der Waals surface area contributed by atoms with Gasteiger partial charge in [0.1, 0.15) is 5.82 Å². The Morgan fingerprint density at radius 1 is 1.39 bits per heavy atom. The topological polar surface area (TPSA) is 27.6 Å². The second-order valence-electron chi connectivity index (χ2n) is 4.53. The molecular formula is C13H16FN3S. The van der Waals surface area contributed by atoms with Crippen LogP contribution in [0.5, 0.6) is 0 Å². The van der Waals surface area contributed by atoms with Gasteiger partial charge in [-0.15, -0.1) is 0 Å². The molecule has 0 aliphatic carbocycles. The van der Waals surface area contributed by atoms with Crippen molar-refractivity contribution >= 4 is 23.0 Å². The average molecular weight is 265 g/mol.